The standard InChI is InChI=1S/C14H13ClF3NO2/c1-2-3-9-12(21-7-14(16,17)18)10-6-8(15)4-5-11(10)19-13(9)20/h4-6H,2-3,7H2,1H3,(H,19,20). The van der Waals surface area contributed by atoms with Gasteiger partial charge in [-0.05, 0) is 24.6 Å². The normalized spacial score (nSPS) is 11.9. The second-order valence-electron chi connectivity index (χ2n) is 4.61. The molecule has 0 bridgehead atoms. The number of ether oxygens (including phenoxy) is 1. The van der Waals surface area contributed by atoms with Crippen molar-refractivity contribution in [1.29, 1.82) is 0 Å². The van der Waals surface area contributed by atoms with Gasteiger partial charge >= 0.3 is 6.18 Å². The van der Waals surface area contributed by atoms with Crippen LogP contribution in [0.2, 0.25) is 5.02 Å². The lowest BCUT2D eigenvalue weighted by Crippen LogP contribution is -2.22. The van der Waals surface area contributed by atoms with E-state index in [0.29, 0.717) is 28.8 Å². The van der Waals surface area contributed by atoms with Gasteiger partial charge in [0, 0.05) is 10.4 Å². The molecule has 1 heterocycles. The summed E-state index contributed by atoms with van der Waals surface area (Å²) in [5, 5.41) is 0.726. The maximum Gasteiger partial charge on any atom is 0.422 e. The smallest absolute Gasteiger partial charge is 0.422 e. The number of aromatic amines is 1. The number of fused-ring (bicyclic) bond motifs is 1. The number of halogens is 4. The Morgan fingerprint density at radius 1 is 1.33 bits per heavy atom. The van der Waals surface area contributed by atoms with Crippen LogP contribution in [0.15, 0.2) is 23.0 Å². The summed E-state index contributed by atoms with van der Waals surface area (Å²) < 4.78 is 42.1. The third kappa shape index (κ3) is 3.69. The van der Waals surface area contributed by atoms with Crippen LogP contribution in [-0.4, -0.2) is 17.8 Å². The van der Waals surface area contributed by atoms with Gasteiger partial charge < -0.3 is 9.72 Å². The van der Waals surface area contributed by atoms with E-state index in [4.69, 9.17) is 16.3 Å². The van der Waals surface area contributed by atoms with E-state index < -0.39 is 18.3 Å². The molecule has 1 N–H and O–H groups in total. The van der Waals surface area contributed by atoms with Crippen LogP contribution in [-0.2, 0) is 6.42 Å². The van der Waals surface area contributed by atoms with Gasteiger partial charge in [-0.25, -0.2) is 0 Å². The lowest BCUT2D eigenvalue weighted by molar-refractivity contribution is -0.153. The van der Waals surface area contributed by atoms with Crippen LogP contribution in [0.5, 0.6) is 5.75 Å². The first-order valence-corrected chi connectivity index (χ1v) is 6.73. The molecule has 3 nitrogen and oxygen atoms in total. The van der Waals surface area contributed by atoms with Gasteiger partial charge in [-0.15, -0.1) is 0 Å². The van der Waals surface area contributed by atoms with Crippen molar-refractivity contribution in [3.05, 3.63) is 39.1 Å². The summed E-state index contributed by atoms with van der Waals surface area (Å²) in [6.45, 7) is 0.379. The summed E-state index contributed by atoms with van der Waals surface area (Å²) in [6, 6.07) is 4.57. The SMILES string of the molecule is CCCc1c(OCC(F)(F)F)c2cc(Cl)ccc2[nH]c1=O. The monoisotopic (exact) mass is 319 g/mol. The second-order valence-corrected chi connectivity index (χ2v) is 5.04. The van der Waals surface area contributed by atoms with Gasteiger partial charge in [-0.1, -0.05) is 24.9 Å². The van der Waals surface area contributed by atoms with Crippen LogP contribution in [0.25, 0.3) is 10.9 Å². The second kappa shape index (κ2) is 5.97. The van der Waals surface area contributed by atoms with E-state index in [2.05, 4.69) is 4.98 Å². The third-order valence-electron chi connectivity index (χ3n) is 2.90. The molecule has 0 fully saturated rings. The van der Waals surface area contributed by atoms with E-state index in [1.54, 1.807) is 6.07 Å². The van der Waals surface area contributed by atoms with Crippen LogP contribution in [0.4, 0.5) is 13.2 Å². The first-order valence-electron chi connectivity index (χ1n) is 6.36. The average molecular weight is 320 g/mol. The molecular formula is C14H13ClF3NO2. The van der Waals surface area contributed by atoms with Gasteiger partial charge in [0.15, 0.2) is 6.61 Å². The van der Waals surface area contributed by atoms with Crippen LogP contribution in [0.3, 0.4) is 0 Å². The summed E-state index contributed by atoms with van der Waals surface area (Å²) in [5.74, 6) is -0.0459. The zero-order valence-corrected chi connectivity index (χ0v) is 11.9. The molecule has 2 aromatic rings. The molecule has 2 rings (SSSR count). The highest BCUT2D eigenvalue weighted by atomic mass is 35.5. The summed E-state index contributed by atoms with van der Waals surface area (Å²) in [6.07, 6.45) is -3.54. The molecule has 0 saturated carbocycles. The Kier molecular flexibility index (Phi) is 4.46. The fourth-order valence-electron chi connectivity index (χ4n) is 2.07. The van der Waals surface area contributed by atoms with E-state index in [1.807, 2.05) is 6.92 Å². The van der Waals surface area contributed by atoms with E-state index >= 15 is 0 Å². The van der Waals surface area contributed by atoms with Gasteiger partial charge in [-0.3, -0.25) is 4.79 Å². The molecule has 0 radical (unpaired) electrons. The minimum atomic E-state index is -4.48. The molecule has 0 unspecified atom stereocenters. The van der Waals surface area contributed by atoms with Crippen molar-refractivity contribution in [1.82, 2.24) is 4.98 Å². The van der Waals surface area contributed by atoms with Crippen molar-refractivity contribution < 1.29 is 17.9 Å². The number of rotatable bonds is 4. The predicted octanol–water partition coefficient (Wildman–Crippen LogP) is 4.08. The molecule has 0 saturated heterocycles. The Morgan fingerprint density at radius 3 is 2.67 bits per heavy atom. The molecular weight excluding hydrogens is 307 g/mol. The number of aromatic nitrogens is 1. The highest BCUT2D eigenvalue weighted by Gasteiger charge is 2.29. The van der Waals surface area contributed by atoms with Crippen molar-refractivity contribution in [3.63, 3.8) is 0 Å². The number of hydrogen-bond donors (Lipinski definition) is 1. The van der Waals surface area contributed by atoms with Gasteiger partial charge in [0.25, 0.3) is 5.56 Å². The van der Waals surface area contributed by atoms with Crippen LogP contribution < -0.4 is 10.3 Å². The van der Waals surface area contributed by atoms with E-state index in [-0.39, 0.29) is 11.3 Å². The minimum Gasteiger partial charge on any atom is -0.483 e. The fourth-order valence-corrected chi connectivity index (χ4v) is 2.24. The zero-order chi connectivity index (χ0) is 15.6. The average Bonchev–Trinajstić information content (AvgIpc) is 2.38. The number of alkyl halides is 3. The van der Waals surface area contributed by atoms with E-state index in [1.165, 1.54) is 12.1 Å². The molecule has 0 amide bonds. The molecule has 21 heavy (non-hydrogen) atoms. The Morgan fingerprint density at radius 2 is 2.05 bits per heavy atom. The highest BCUT2D eigenvalue weighted by molar-refractivity contribution is 6.31. The van der Waals surface area contributed by atoms with E-state index in [0.717, 1.165) is 0 Å². The van der Waals surface area contributed by atoms with Crippen LogP contribution >= 0.6 is 11.6 Å². The third-order valence-corrected chi connectivity index (χ3v) is 3.14. The zero-order valence-electron chi connectivity index (χ0n) is 11.2. The number of H-pyrrole nitrogens is 1. The molecule has 1 aromatic carbocycles. The summed E-state index contributed by atoms with van der Waals surface area (Å²) >= 11 is 5.88. The van der Waals surface area contributed by atoms with Crippen molar-refractivity contribution in [2.75, 3.05) is 6.61 Å². The Bertz CT molecular complexity index is 710. The summed E-state index contributed by atoms with van der Waals surface area (Å²) in [7, 11) is 0. The van der Waals surface area contributed by atoms with Crippen molar-refractivity contribution in [2.24, 2.45) is 0 Å². The van der Waals surface area contributed by atoms with Gasteiger partial charge in [0.1, 0.15) is 5.75 Å². The molecule has 114 valence electrons. The first kappa shape index (κ1) is 15.7. The minimum absolute atomic E-state index is 0.0459. The van der Waals surface area contributed by atoms with Gasteiger partial charge in [0.05, 0.1) is 11.1 Å². The van der Waals surface area contributed by atoms with Gasteiger partial charge in [-0.2, -0.15) is 13.2 Å². The number of nitrogens with one attached hydrogen (secondary N) is 1. The van der Waals surface area contributed by atoms with Crippen molar-refractivity contribution in [3.8, 4) is 5.75 Å². The molecule has 7 heteroatoms. The van der Waals surface area contributed by atoms with Crippen molar-refractivity contribution >= 4 is 22.5 Å². The summed E-state index contributed by atoms with van der Waals surface area (Å²) in [5.41, 5.74) is 0.154. The Hall–Kier alpha value is -1.69. The maximum absolute atomic E-state index is 12.4. The molecule has 0 aliphatic rings. The maximum atomic E-state index is 12.4. The molecule has 0 atom stereocenters. The lowest BCUT2D eigenvalue weighted by atomic mass is 10.1. The van der Waals surface area contributed by atoms with Gasteiger partial charge in [0.2, 0.25) is 0 Å². The fraction of sp³-hybridized carbons (Fsp3) is 0.357. The first-order chi connectivity index (χ1) is 9.81. The molecule has 1 aromatic heterocycles. The quantitative estimate of drug-likeness (QED) is 0.922. The predicted molar refractivity (Wildman–Crippen MR) is 75.1 cm³/mol. The number of pyridine rings is 1. The lowest BCUT2D eigenvalue weighted by Gasteiger charge is -2.15. The topological polar surface area (TPSA) is 42.1 Å². The Labute approximate surface area is 123 Å². The van der Waals surface area contributed by atoms with Crippen LogP contribution in [0.1, 0.15) is 18.9 Å². The van der Waals surface area contributed by atoms with Crippen molar-refractivity contribution in [2.45, 2.75) is 25.9 Å². The molecule has 0 spiro atoms. The molecule has 0 aliphatic heterocycles. The highest BCUT2D eigenvalue weighted by Crippen LogP contribution is 2.30. The Balaban J connectivity index is 2.62. The van der Waals surface area contributed by atoms with E-state index in [9.17, 15) is 18.0 Å². The summed E-state index contributed by atoms with van der Waals surface area (Å²) in [4.78, 5) is 14.6. The van der Waals surface area contributed by atoms with Crippen LogP contribution in [0, 0.1) is 0 Å². The largest absolute Gasteiger partial charge is 0.483 e. The number of benzene rings is 1. The molecule has 0 aliphatic carbocycles. The number of hydrogen-bond acceptors (Lipinski definition) is 2.